The standard InChI is InChI=1S/C7H7F2NO/c1-11-6-3-2-5(4-10-6)7(8)9/h2-4,7H,1H3. The maximum absolute atomic E-state index is 11.9. The van der Waals surface area contributed by atoms with Crippen LogP contribution in [0, 0.1) is 0 Å². The highest BCUT2D eigenvalue weighted by molar-refractivity contribution is 5.18. The Kier molecular flexibility index (Phi) is 2.36. The molecule has 0 saturated heterocycles. The van der Waals surface area contributed by atoms with Crippen LogP contribution in [-0.4, -0.2) is 12.1 Å². The van der Waals surface area contributed by atoms with Crippen LogP contribution in [0.4, 0.5) is 8.78 Å². The van der Waals surface area contributed by atoms with Gasteiger partial charge in [-0.1, -0.05) is 0 Å². The van der Waals surface area contributed by atoms with E-state index in [1.807, 2.05) is 0 Å². The van der Waals surface area contributed by atoms with Gasteiger partial charge in [-0.15, -0.1) is 0 Å². The third kappa shape index (κ3) is 1.86. The maximum Gasteiger partial charge on any atom is 0.265 e. The van der Waals surface area contributed by atoms with Crippen LogP contribution in [0.1, 0.15) is 12.0 Å². The number of hydrogen-bond acceptors (Lipinski definition) is 2. The summed E-state index contributed by atoms with van der Waals surface area (Å²) >= 11 is 0. The summed E-state index contributed by atoms with van der Waals surface area (Å²) in [6.07, 6.45) is -1.36. The number of rotatable bonds is 2. The van der Waals surface area contributed by atoms with E-state index in [4.69, 9.17) is 4.74 Å². The van der Waals surface area contributed by atoms with Crippen LogP contribution in [0.5, 0.6) is 5.88 Å². The molecule has 0 aliphatic carbocycles. The molecule has 0 radical (unpaired) electrons. The molecule has 0 N–H and O–H groups in total. The first-order chi connectivity index (χ1) is 5.24. The Balaban J connectivity index is 2.83. The third-order valence-electron chi connectivity index (χ3n) is 1.22. The van der Waals surface area contributed by atoms with Crippen molar-refractivity contribution in [3.8, 4) is 5.88 Å². The average molecular weight is 159 g/mol. The molecule has 0 unspecified atom stereocenters. The molecule has 0 amide bonds. The van der Waals surface area contributed by atoms with Crippen molar-refractivity contribution < 1.29 is 13.5 Å². The zero-order valence-electron chi connectivity index (χ0n) is 5.92. The second kappa shape index (κ2) is 3.27. The summed E-state index contributed by atoms with van der Waals surface area (Å²) in [5.41, 5.74) is -0.0919. The molecule has 1 rings (SSSR count). The summed E-state index contributed by atoms with van der Waals surface area (Å²) in [5, 5.41) is 0. The third-order valence-corrected chi connectivity index (χ3v) is 1.22. The van der Waals surface area contributed by atoms with E-state index in [2.05, 4.69) is 4.98 Å². The smallest absolute Gasteiger partial charge is 0.265 e. The fraction of sp³-hybridized carbons (Fsp3) is 0.286. The molecule has 1 aromatic rings. The van der Waals surface area contributed by atoms with Crippen molar-refractivity contribution in [3.05, 3.63) is 23.9 Å². The van der Waals surface area contributed by atoms with Crippen molar-refractivity contribution in [3.63, 3.8) is 0 Å². The fourth-order valence-electron chi connectivity index (χ4n) is 0.642. The Labute approximate surface area is 62.8 Å². The topological polar surface area (TPSA) is 22.1 Å². The summed E-state index contributed by atoms with van der Waals surface area (Å²) in [5.74, 6) is 0.342. The van der Waals surface area contributed by atoms with Crippen molar-refractivity contribution in [2.45, 2.75) is 6.43 Å². The molecule has 1 aromatic heterocycles. The van der Waals surface area contributed by atoms with Gasteiger partial charge in [-0.3, -0.25) is 0 Å². The lowest BCUT2D eigenvalue weighted by Crippen LogP contribution is -1.89. The van der Waals surface area contributed by atoms with Gasteiger partial charge in [-0.25, -0.2) is 13.8 Å². The van der Waals surface area contributed by atoms with Gasteiger partial charge in [0.2, 0.25) is 5.88 Å². The number of alkyl halides is 2. The van der Waals surface area contributed by atoms with Gasteiger partial charge in [0.1, 0.15) is 0 Å². The quantitative estimate of drug-likeness (QED) is 0.658. The summed E-state index contributed by atoms with van der Waals surface area (Å²) in [4.78, 5) is 3.62. The van der Waals surface area contributed by atoms with Crippen LogP contribution in [0.25, 0.3) is 0 Å². The van der Waals surface area contributed by atoms with Crippen molar-refractivity contribution in [2.24, 2.45) is 0 Å². The molecule has 0 aromatic carbocycles. The first-order valence-corrected chi connectivity index (χ1v) is 3.02. The Bertz CT molecular complexity index is 222. The molecule has 0 aliphatic heterocycles. The number of pyridine rings is 1. The van der Waals surface area contributed by atoms with Crippen molar-refractivity contribution in [1.82, 2.24) is 4.98 Å². The Morgan fingerprint density at radius 3 is 2.55 bits per heavy atom. The van der Waals surface area contributed by atoms with Crippen LogP contribution in [0.3, 0.4) is 0 Å². The van der Waals surface area contributed by atoms with Gasteiger partial charge in [0.25, 0.3) is 6.43 Å². The van der Waals surface area contributed by atoms with E-state index in [1.54, 1.807) is 0 Å². The van der Waals surface area contributed by atoms with Gasteiger partial charge in [0.15, 0.2) is 0 Å². The second-order valence-corrected chi connectivity index (χ2v) is 1.93. The summed E-state index contributed by atoms with van der Waals surface area (Å²) in [7, 11) is 1.43. The van der Waals surface area contributed by atoms with E-state index in [0.717, 1.165) is 6.20 Å². The van der Waals surface area contributed by atoms with E-state index in [9.17, 15) is 8.78 Å². The Morgan fingerprint density at radius 1 is 1.45 bits per heavy atom. The Hall–Kier alpha value is -1.19. The van der Waals surface area contributed by atoms with Gasteiger partial charge < -0.3 is 4.74 Å². The summed E-state index contributed by atoms with van der Waals surface area (Å²) in [6, 6.07) is 2.69. The maximum atomic E-state index is 11.9. The monoisotopic (exact) mass is 159 g/mol. The first kappa shape index (κ1) is 7.91. The van der Waals surface area contributed by atoms with E-state index in [-0.39, 0.29) is 5.56 Å². The molecule has 0 aliphatic rings. The second-order valence-electron chi connectivity index (χ2n) is 1.93. The average Bonchev–Trinajstić information content (AvgIpc) is 2.05. The Morgan fingerprint density at radius 2 is 2.18 bits per heavy atom. The van der Waals surface area contributed by atoms with E-state index in [1.165, 1.54) is 19.2 Å². The highest BCUT2D eigenvalue weighted by atomic mass is 19.3. The first-order valence-electron chi connectivity index (χ1n) is 3.02. The predicted octanol–water partition coefficient (Wildman–Crippen LogP) is 2.03. The zero-order valence-corrected chi connectivity index (χ0v) is 5.92. The van der Waals surface area contributed by atoms with Crippen molar-refractivity contribution in [1.29, 1.82) is 0 Å². The lowest BCUT2D eigenvalue weighted by Gasteiger charge is -1.99. The minimum Gasteiger partial charge on any atom is -0.481 e. The van der Waals surface area contributed by atoms with Gasteiger partial charge in [0, 0.05) is 17.8 Å². The van der Waals surface area contributed by atoms with Crippen LogP contribution in [0.2, 0.25) is 0 Å². The molecule has 0 fully saturated rings. The number of aromatic nitrogens is 1. The van der Waals surface area contributed by atoms with Crippen molar-refractivity contribution >= 4 is 0 Å². The predicted molar refractivity (Wildman–Crippen MR) is 35.7 cm³/mol. The van der Waals surface area contributed by atoms with Crippen LogP contribution in [-0.2, 0) is 0 Å². The van der Waals surface area contributed by atoms with E-state index >= 15 is 0 Å². The lowest BCUT2D eigenvalue weighted by molar-refractivity contribution is 0.151. The van der Waals surface area contributed by atoms with E-state index < -0.39 is 6.43 Å². The van der Waals surface area contributed by atoms with Crippen LogP contribution in [0.15, 0.2) is 18.3 Å². The molecule has 11 heavy (non-hydrogen) atoms. The van der Waals surface area contributed by atoms with Gasteiger partial charge in [-0.05, 0) is 6.07 Å². The molecule has 60 valence electrons. The molecule has 4 heteroatoms. The number of hydrogen-bond donors (Lipinski definition) is 0. The molecule has 0 bridgehead atoms. The van der Waals surface area contributed by atoms with Gasteiger partial charge in [0.05, 0.1) is 7.11 Å². The highest BCUT2D eigenvalue weighted by Crippen LogP contribution is 2.18. The normalized spacial score (nSPS) is 10.2. The number of ether oxygens (including phenoxy) is 1. The molecule has 0 atom stereocenters. The molecular formula is C7H7F2NO. The van der Waals surface area contributed by atoms with E-state index in [0.29, 0.717) is 5.88 Å². The minimum absolute atomic E-state index is 0.0919. The molecule has 1 heterocycles. The highest BCUT2D eigenvalue weighted by Gasteiger charge is 2.06. The zero-order chi connectivity index (χ0) is 8.27. The lowest BCUT2D eigenvalue weighted by atomic mass is 10.3. The van der Waals surface area contributed by atoms with Crippen molar-refractivity contribution in [2.75, 3.05) is 7.11 Å². The summed E-state index contributed by atoms with van der Waals surface area (Å²) < 4.78 is 28.5. The summed E-state index contributed by atoms with van der Waals surface area (Å²) in [6.45, 7) is 0. The number of halogens is 2. The number of nitrogens with zero attached hydrogens (tertiary/aromatic N) is 1. The molecule has 0 saturated carbocycles. The molecular weight excluding hydrogens is 152 g/mol. The van der Waals surface area contributed by atoms with Crippen LogP contribution >= 0.6 is 0 Å². The largest absolute Gasteiger partial charge is 0.481 e. The number of methoxy groups -OCH3 is 1. The fourth-order valence-corrected chi connectivity index (χ4v) is 0.642. The van der Waals surface area contributed by atoms with Gasteiger partial charge >= 0.3 is 0 Å². The SMILES string of the molecule is COc1ccc(C(F)F)cn1. The van der Waals surface area contributed by atoms with Crippen LogP contribution < -0.4 is 4.74 Å². The minimum atomic E-state index is -2.46. The molecule has 0 spiro atoms. The molecule has 2 nitrogen and oxygen atoms in total. The van der Waals surface area contributed by atoms with Gasteiger partial charge in [-0.2, -0.15) is 0 Å².